The third-order valence-electron chi connectivity index (χ3n) is 5.30. The van der Waals surface area contributed by atoms with E-state index in [1.54, 1.807) is 19.2 Å². The van der Waals surface area contributed by atoms with E-state index < -0.39 is 0 Å². The maximum absolute atomic E-state index is 12.5. The van der Waals surface area contributed by atoms with E-state index in [9.17, 15) is 9.59 Å². The third kappa shape index (κ3) is 4.79. The Balaban J connectivity index is 1.25. The van der Waals surface area contributed by atoms with Crippen molar-refractivity contribution in [1.29, 1.82) is 0 Å². The van der Waals surface area contributed by atoms with Gasteiger partial charge in [0.25, 0.3) is 5.19 Å². The summed E-state index contributed by atoms with van der Waals surface area (Å²) in [5.41, 5.74) is 1.55. The fourth-order valence-corrected chi connectivity index (χ4v) is 4.48. The molecular formula is C23H24N2O4S. The second kappa shape index (κ2) is 9.26. The van der Waals surface area contributed by atoms with Gasteiger partial charge in [-0.15, -0.1) is 0 Å². The fraction of sp³-hybridized carbons (Fsp3) is 0.348. The number of carbonyl (C=O) groups is 2. The molecule has 0 saturated carbocycles. The average Bonchev–Trinajstić information content (AvgIpc) is 3.19. The van der Waals surface area contributed by atoms with Crippen molar-refractivity contribution in [2.75, 3.05) is 20.2 Å². The zero-order chi connectivity index (χ0) is 20.9. The van der Waals surface area contributed by atoms with Crippen molar-refractivity contribution in [2.45, 2.75) is 31.8 Å². The minimum absolute atomic E-state index is 0.00892. The highest BCUT2D eigenvalue weighted by atomic mass is 32.1. The van der Waals surface area contributed by atoms with Crippen molar-refractivity contribution < 1.29 is 19.1 Å². The summed E-state index contributed by atoms with van der Waals surface area (Å²) in [7, 11) is 1.65. The van der Waals surface area contributed by atoms with Gasteiger partial charge in [0.2, 0.25) is 5.91 Å². The summed E-state index contributed by atoms with van der Waals surface area (Å²) >= 11 is 1.51. The number of ketones is 1. The van der Waals surface area contributed by atoms with Crippen LogP contribution in [0.4, 0.5) is 0 Å². The van der Waals surface area contributed by atoms with Gasteiger partial charge < -0.3 is 14.4 Å². The summed E-state index contributed by atoms with van der Waals surface area (Å²) in [6.45, 7) is 1.28. The predicted octanol–water partition coefficient (Wildman–Crippen LogP) is 4.34. The van der Waals surface area contributed by atoms with Crippen LogP contribution in [0.1, 0.15) is 36.0 Å². The Hall–Kier alpha value is -2.93. The number of thiazole rings is 1. The predicted molar refractivity (Wildman–Crippen MR) is 116 cm³/mol. The van der Waals surface area contributed by atoms with E-state index in [1.807, 2.05) is 41.3 Å². The first kappa shape index (κ1) is 20.3. The lowest BCUT2D eigenvalue weighted by molar-refractivity contribution is -0.132. The maximum Gasteiger partial charge on any atom is 0.274 e. The van der Waals surface area contributed by atoms with Gasteiger partial charge in [-0.2, -0.15) is 0 Å². The van der Waals surface area contributed by atoms with E-state index in [2.05, 4.69) is 4.98 Å². The number of hydrogen-bond donors (Lipinski definition) is 0. The minimum atomic E-state index is 0.00892. The monoisotopic (exact) mass is 424 g/mol. The van der Waals surface area contributed by atoms with Gasteiger partial charge in [-0.25, -0.2) is 4.98 Å². The quantitative estimate of drug-likeness (QED) is 0.528. The molecule has 0 aliphatic carbocycles. The zero-order valence-electron chi connectivity index (χ0n) is 16.9. The van der Waals surface area contributed by atoms with Gasteiger partial charge in [0, 0.05) is 44.3 Å². The van der Waals surface area contributed by atoms with Crippen LogP contribution in [0.2, 0.25) is 0 Å². The first-order valence-corrected chi connectivity index (χ1v) is 10.9. The van der Waals surface area contributed by atoms with Crippen LogP contribution in [0.5, 0.6) is 10.9 Å². The molecule has 1 aromatic heterocycles. The summed E-state index contributed by atoms with van der Waals surface area (Å²) in [5.74, 6) is 0.842. The minimum Gasteiger partial charge on any atom is -0.497 e. The lowest BCUT2D eigenvalue weighted by atomic mass is 10.0. The van der Waals surface area contributed by atoms with Gasteiger partial charge in [0.05, 0.1) is 17.3 Å². The highest BCUT2D eigenvalue weighted by Crippen LogP contribution is 2.32. The molecule has 2 heterocycles. The van der Waals surface area contributed by atoms with Crippen LogP contribution in [0.3, 0.4) is 0 Å². The fourth-order valence-electron chi connectivity index (χ4n) is 3.57. The van der Waals surface area contributed by atoms with Crippen LogP contribution in [-0.2, 0) is 4.79 Å². The molecule has 1 fully saturated rings. The number of piperidine rings is 1. The molecule has 1 aliphatic heterocycles. The van der Waals surface area contributed by atoms with Crippen molar-refractivity contribution in [3.05, 3.63) is 54.1 Å². The molecule has 1 saturated heterocycles. The van der Waals surface area contributed by atoms with E-state index in [0.717, 1.165) is 28.8 Å². The molecule has 6 nitrogen and oxygen atoms in total. The second-order valence-corrected chi connectivity index (χ2v) is 8.29. The average molecular weight is 425 g/mol. The van der Waals surface area contributed by atoms with Gasteiger partial charge >= 0.3 is 0 Å². The van der Waals surface area contributed by atoms with Crippen molar-refractivity contribution >= 4 is 33.2 Å². The van der Waals surface area contributed by atoms with Gasteiger partial charge in [-0.3, -0.25) is 9.59 Å². The van der Waals surface area contributed by atoms with Gasteiger partial charge in [0.15, 0.2) is 5.78 Å². The Morgan fingerprint density at radius 2 is 1.87 bits per heavy atom. The number of likely N-dealkylation sites (tertiary alicyclic amines) is 1. The Labute approximate surface area is 179 Å². The van der Waals surface area contributed by atoms with Crippen LogP contribution < -0.4 is 9.47 Å². The third-order valence-corrected chi connectivity index (χ3v) is 6.21. The number of amides is 1. The standard InChI is InChI=1S/C23H24N2O4S/c1-28-18-7-8-19-21(15-18)30-23(24-19)29-17-11-13-25(14-12-17)22(27)10-9-20(26)16-5-3-2-4-6-16/h2-8,15,17H,9-14H2,1H3. The number of carbonyl (C=O) groups excluding carboxylic acids is 2. The van der Waals surface area contributed by atoms with Crippen molar-refractivity contribution in [3.63, 3.8) is 0 Å². The number of fused-ring (bicyclic) bond motifs is 1. The molecule has 0 atom stereocenters. The molecule has 1 amide bonds. The number of benzene rings is 2. The van der Waals surface area contributed by atoms with Gasteiger partial charge in [-0.1, -0.05) is 41.7 Å². The molecule has 3 aromatic rings. The highest BCUT2D eigenvalue weighted by molar-refractivity contribution is 7.20. The largest absolute Gasteiger partial charge is 0.497 e. The zero-order valence-corrected chi connectivity index (χ0v) is 17.7. The Bertz CT molecular complexity index is 1030. The number of aromatic nitrogens is 1. The maximum atomic E-state index is 12.5. The first-order valence-electron chi connectivity index (χ1n) is 10.1. The number of methoxy groups -OCH3 is 1. The van der Waals surface area contributed by atoms with E-state index in [0.29, 0.717) is 23.8 Å². The Kier molecular flexibility index (Phi) is 6.28. The topological polar surface area (TPSA) is 68.7 Å². The molecule has 7 heteroatoms. The molecule has 0 radical (unpaired) electrons. The van der Waals surface area contributed by atoms with Crippen molar-refractivity contribution in [1.82, 2.24) is 9.88 Å². The molecule has 4 rings (SSSR count). The van der Waals surface area contributed by atoms with Crippen LogP contribution in [0.15, 0.2) is 48.5 Å². The lowest BCUT2D eigenvalue weighted by Gasteiger charge is -2.31. The van der Waals surface area contributed by atoms with E-state index in [1.165, 1.54) is 11.3 Å². The first-order chi connectivity index (χ1) is 14.6. The Morgan fingerprint density at radius 1 is 1.10 bits per heavy atom. The Morgan fingerprint density at radius 3 is 2.60 bits per heavy atom. The molecule has 1 aliphatic rings. The lowest BCUT2D eigenvalue weighted by Crippen LogP contribution is -2.41. The van der Waals surface area contributed by atoms with Crippen molar-refractivity contribution in [3.8, 4) is 10.9 Å². The summed E-state index contributed by atoms with van der Waals surface area (Å²) in [6, 6.07) is 14.9. The van der Waals surface area contributed by atoms with Crippen LogP contribution in [-0.4, -0.2) is 47.9 Å². The van der Waals surface area contributed by atoms with Crippen molar-refractivity contribution in [2.24, 2.45) is 0 Å². The van der Waals surface area contributed by atoms with E-state index in [4.69, 9.17) is 9.47 Å². The number of rotatable bonds is 7. The molecular weight excluding hydrogens is 400 g/mol. The van der Waals surface area contributed by atoms with E-state index >= 15 is 0 Å². The smallest absolute Gasteiger partial charge is 0.274 e. The number of ether oxygens (including phenoxy) is 2. The molecule has 156 valence electrons. The molecule has 0 N–H and O–H groups in total. The van der Waals surface area contributed by atoms with Crippen LogP contribution >= 0.6 is 11.3 Å². The number of Topliss-reactive ketones (excluding diaryl/α,β-unsaturated/α-hetero) is 1. The van der Waals surface area contributed by atoms with Gasteiger partial charge in [0.1, 0.15) is 11.9 Å². The van der Waals surface area contributed by atoms with Gasteiger partial charge in [-0.05, 0) is 18.2 Å². The molecule has 0 spiro atoms. The molecule has 0 unspecified atom stereocenters. The molecule has 0 bridgehead atoms. The summed E-state index contributed by atoms with van der Waals surface area (Å²) < 4.78 is 12.4. The number of hydrogen-bond acceptors (Lipinski definition) is 6. The second-order valence-electron chi connectivity index (χ2n) is 7.30. The van der Waals surface area contributed by atoms with Crippen LogP contribution in [0.25, 0.3) is 10.2 Å². The summed E-state index contributed by atoms with van der Waals surface area (Å²) in [5, 5.41) is 0.650. The summed E-state index contributed by atoms with van der Waals surface area (Å²) in [4.78, 5) is 31.1. The SMILES string of the molecule is COc1ccc2nc(OC3CCN(C(=O)CCC(=O)c4ccccc4)CC3)sc2c1. The normalized spacial score (nSPS) is 14.6. The van der Waals surface area contributed by atoms with E-state index in [-0.39, 0.29) is 30.6 Å². The summed E-state index contributed by atoms with van der Waals surface area (Å²) in [6.07, 6.45) is 2.06. The molecule has 2 aromatic carbocycles. The number of nitrogens with zero attached hydrogens (tertiary/aromatic N) is 2. The molecule has 30 heavy (non-hydrogen) atoms. The van der Waals surface area contributed by atoms with Crippen LogP contribution in [0, 0.1) is 0 Å². The highest BCUT2D eigenvalue weighted by Gasteiger charge is 2.25.